The monoisotopic (exact) mass is 258 g/mol. The molecule has 3 nitrogen and oxygen atoms in total. The third-order valence-corrected chi connectivity index (χ3v) is 2.48. The van der Waals surface area contributed by atoms with Crippen LogP contribution in [0.15, 0.2) is 54.9 Å². The molecule has 0 atom stereocenters. The van der Waals surface area contributed by atoms with E-state index in [1.54, 1.807) is 42.7 Å². The molecule has 2 rings (SSSR count). The zero-order valence-corrected chi connectivity index (χ0v) is 10.3. The summed E-state index contributed by atoms with van der Waals surface area (Å²) in [6.07, 6.45) is 6.44. The van der Waals surface area contributed by atoms with E-state index in [4.69, 9.17) is 11.6 Å². The SMILES string of the molecule is O=C(C=Cc1ccc(Cl)cc1)Nc1cccnc1. The Bertz CT molecular complexity index is 550. The minimum Gasteiger partial charge on any atom is -0.321 e. The van der Waals surface area contributed by atoms with Gasteiger partial charge in [-0.1, -0.05) is 23.7 Å². The number of nitrogens with one attached hydrogen (secondary N) is 1. The van der Waals surface area contributed by atoms with Gasteiger partial charge in [0.1, 0.15) is 0 Å². The Hall–Kier alpha value is -2.13. The molecule has 1 heterocycles. The average Bonchev–Trinajstić information content (AvgIpc) is 2.39. The first-order valence-corrected chi connectivity index (χ1v) is 5.76. The maximum absolute atomic E-state index is 11.6. The zero-order valence-electron chi connectivity index (χ0n) is 9.51. The standard InChI is InChI=1S/C14H11ClN2O/c15-12-6-3-11(4-7-12)5-8-14(18)17-13-2-1-9-16-10-13/h1-10H,(H,17,18). The van der Waals surface area contributed by atoms with Crippen molar-refractivity contribution in [2.75, 3.05) is 5.32 Å². The number of halogens is 1. The highest BCUT2D eigenvalue weighted by Crippen LogP contribution is 2.10. The first-order chi connectivity index (χ1) is 8.74. The van der Waals surface area contributed by atoms with Crippen molar-refractivity contribution >= 4 is 29.3 Å². The van der Waals surface area contributed by atoms with Crippen LogP contribution in [0.4, 0.5) is 5.69 Å². The number of pyridine rings is 1. The summed E-state index contributed by atoms with van der Waals surface area (Å²) in [7, 11) is 0. The number of carbonyl (C=O) groups is 1. The molecule has 90 valence electrons. The van der Waals surface area contributed by atoms with Crippen molar-refractivity contribution in [3.63, 3.8) is 0 Å². The summed E-state index contributed by atoms with van der Waals surface area (Å²) in [5, 5.41) is 3.38. The van der Waals surface area contributed by atoms with Crippen LogP contribution in [-0.2, 0) is 4.79 Å². The molecule has 0 spiro atoms. The topological polar surface area (TPSA) is 42.0 Å². The number of hydrogen-bond donors (Lipinski definition) is 1. The predicted octanol–water partition coefficient (Wildman–Crippen LogP) is 3.39. The molecule has 4 heteroatoms. The minimum absolute atomic E-state index is 0.196. The van der Waals surface area contributed by atoms with Crippen molar-refractivity contribution in [2.24, 2.45) is 0 Å². The molecule has 1 aromatic carbocycles. The predicted molar refractivity (Wildman–Crippen MR) is 73.4 cm³/mol. The van der Waals surface area contributed by atoms with Crippen LogP contribution < -0.4 is 5.32 Å². The number of aromatic nitrogens is 1. The molecule has 0 aliphatic carbocycles. The van der Waals surface area contributed by atoms with Crippen molar-refractivity contribution in [1.82, 2.24) is 4.98 Å². The quantitative estimate of drug-likeness (QED) is 0.858. The Balaban J connectivity index is 1.97. The van der Waals surface area contributed by atoms with Crippen molar-refractivity contribution in [2.45, 2.75) is 0 Å². The molecule has 0 aliphatic heterocycles. The Morgan fingerprint density at radius 2 is 2.00 bits per heavy atom. The van der Waals surface area contributed by atoms with Gasteiger partial charge in [-0.2, -0.15) is 0 Å². The second-order valence-corrected chi connectivity index (χ2v) is 4.05. The summed E-state index contributed by atoms with van der Waals surface area (Å²) in [6, 6.07) is 10.8. The lowest BCUT2D eigenvalue weighted by atomic mass is 10.2. The molecule has 0 unspecified atom stereocenters. The highest BCUT2D eigenvalue weighted by Gasteiger charge is 1.96. The van der Waals surface area contributed by atoms with Gasteiger partial charge in [0, 0.05) is 17.3 Å². The van der Waals surface area contributed by atoms with Crippen molar-refractivity contribution in [1.29, 1.82) is 0 Å². The van der Waals surface area contributed by atoms with Crippen LogP contribution in [0.3, 0.4) is 0 Å². The third-order valence-electron chi connectivity index (χ3n) is 2.23. The lowest BCUT2D eigenvalue weighted by molar-refractivity contribution is -0.111. The fourth-order valence-corrected chi connectivity index (χ4v) is 1.49. The Morgan fingerprint density at radius 3 is 2.67 bits per heavy atom. The number of anilines is 1. The first-order valence-electron chi connectivity index (χ1n) is 5.39. The van der Waals surface area contributed by atoms with Crippen LogP contribution in [0.25, 0.3) is 6.08 Å². The van der Waals surface area contributed by atoms with Gasteiger partial charge in [-0.15, -0.1) is 0 Å². The largest absolute Gasteiger partial charge is 0.321 e. The number of benzene rings is 1. The van der Waals surface area contributed by atoms with Gasteiger partial charge in [0.2, 0.25) is 5.91 Å². The summed E-state index contributed by atoms with van der Waals surface area (Å²) in [6.45, 7) is 0. The molecule has 0 fully saturated rings. The van der Waals surface area contributed by atoms with E-state index in [-0.39, 0.29) is 5.91 Å². The van der Waals surface area contributed by atoms with E-state index in [1.165, 1.54) is 6.08 Å². The van der Waals surface area contributed by atoms with Gasteiger partial charge < -0.3 is 5.32 Å². The van der Waals surface area contributed by atoms with Gasteiger partial charge in [0.25, 0.3) is 0 Å². The van der Waals surface area contributed by atoms with Crippen molar-refractivity contribution in [3.8, 4) is 0 Å². The van der Waals surface area contributed by atoms with Gasteiger partial charge >= 0.3 is 0 Å². The van der Waals surface area contributed by atoms with Crippen molar-refractivity contribution < 1.29 is 4.79 Å². The highest BCUT2D eigenvalue weighted by atomic mass is 35.5. The molecule has 0 aliphatic rings. The molecular formula is C14H11ClN2O. The van der Waals surface area contributed by atoms with Gasteiger partial charge in [-0.25, -0.2) is 0 Å². The summed E-state index contributed by atoms with van der Waals surface area (Å²) in [4.78, 5) is 15.5. The second kappa shape index (κ2) is 5.98. The molecule has 1 N–H and O–H groups in total. The average molecular weight is 259 g/mol. The number of amides is 1. The van der Waals surface area contributed by atoms with Crippen LogP contribution >= 0.6 is 11.6 Å². The van der Waals surface area contributed by atoms with E-state index in [1.807, 2.05) is 12.1 Å². The minimum atomic E-state index is -0.196. The van der Waals surface area contributed by atoms with Gasteiger partial charge in [0.15, 0.2) is 0 Å². The van der Waals surface area contributed by atoms with Crippen LogP contribution in [0.5, 0.6) is 0 Å². The van der Waals surface area contributed by atoms with E-state index in [0.29, 0.717) is 10.7 Å². The number of hydrogen-bond acceptors (Lipinski definition) is 2. The number of carbonyl (C=O) groups excluding carboxylic acids is 1. The molecular weight excluding hydrogens is 248 g/mol. The first kappa shape index (κ1) is 12.3. The molecule has 1 aromatic heterocycles. The summed E-state index contributed by atoms with van der Waals surface area (Å²) < 4.78 is 0. The van der Waals surface area contributed by atoms with Gasteiger partial charge in [0.05, 0.1) is 11.9 Å². The van der Waals surface area contributed by atoms with E-state index < -0.39 is 0 Å². The maximum Gasteiger partial charge on any atom is 0.248 e. The summed E-state index contributed by atoms with van der Waals surface area (Å²) >= 11 is 5.77. The molecule has 2 aromatic rings. The zero-order chi connectivity index (χ0) is 12.8. The molecule has 18 heavy (non-hydrogen) atoms. The van der Waals surface area contributed by atoms with Gasteiger partial charge in [-0.05, 0) is 35.9 Å². The lowest BCUT2D eigenvalue weighted by Gasteiger charge is -2.00. The molecule has 0 bridgehead atoms. The maximum atomic E-state index is 11.6. The number of rotatable bonds is 3. The van der Waals surface area contributed by atoms with Crippen molar-refractivity contribution in [3.05, 3.63) is 65.5 Å². The van der Waals surface area contributed by atoms with Crippen LogP contribution in [0.2, 0.25) is 5.02 Å². The van der Waals surface area contributed by atoms with E-state index >= 15 is 0 Å². The molecule has 0 radical (unpaired) electrons. The van der Waals surface area contributed by atoms with Gasteiger partial charge in [-0.3, -0.25) is 9.78 Å². The smallest absolute Gasteiger partial charge is 0.248 e. The molecule has 1 amide bonds. The van der Waals surface area contributed by atoms with E-state index in [2.05, 4.69) is 10.3 Å². The summed E-state index contributed by atoms with van der Waals surface area (Å²) in [5.41, 5.74) is 1.59. The van der Waals surface area contributed by atoms with Crippen LogP contribution in [0, 0.1) is 0 Å². The van der Waals surface area contributed by atoms with Crippen LogP contribution in [-0.4, -0.2) is 10.9 Å². The highest BCUT2D eigenvalue weighted by molar-refractivity contribution is 6.30. The molecule has 0 saturated heterocycles. The van der Waals surface area contributed by atoms with E-state index in [0.717, 1.165) is 5.56 Å². The normalized spacial score (nSPS) is 10.5. The Morgan fingerprint density at radius 1 is 1.22 bits per heavy atom. The number of nitrogens with zero attached hydrogens (tertiary/aromatic N) is 1. The molecule has 0 saturated carbocycles. The summed E-state index contributed by atoms with van der Waals surface area (Å²) in [5.74, 6) is -0.196. The van der Waals surface area contributed by atoms with Crippen LogP contribution in [0.1, 0.15) is 5.56 Å². The Kier molecular flexibility index (Phi) is 4.10. The fraction of sp³-hybridized carbons (Fsp3) is 0. The Labute approximate surface area is 110 Å². The van der Waals surface area contributed by atoms with E-state index in [9.17, 15) is 4.79 Å². The third kappa shape index (κ3) is 3.71. The lowest BCUT2D eigenvalue weighted by Crippen LogP contribution is -2.07. The fourth-order valence-electron chi connectivity index (χ4n) is 1.37. The second-order valence-electron chi connectivity index (χ2n) is 3.62.